The molecular weight excluding hydrogens is 282 g/mol. The average molecular weight is 309 g/mol. The lowest BCUT2D eigenvalue weighted by molar-refractivity contribution is 0.0929. The Morgan fingerprint density at radius 2 is 2.24 bits per heavy atom. The maximum atomic E-state index is 5.62. The highest BCUT2D eigenvalue weighted by atomic mass is 32.1. The topological polar surface area (TPSA) is 37.4 Å². The predicted molar refractivity (Wildman–Crippen MR) is 88.3 cm³/mol. The molecule has 1 saturated heterocycles. The highest BCUT2D eigenvalue weighted by Gasteiger charge is 2.32. The van der Waals surface area contributed by atoms with Crippen molar-refractivity contribution in [3.63, 3.8) is 0 Å². The molecule has 2 heterocycles. The molecule has 118 valence electrons. The van der Waals surface area contributed by atoms with Gasteiger partial charge in [0.05, 0.1) is 24.9 Å². The standard InChI is InChI=1S/C16H27N3OS/c1-4-13-10-20-8-7-19(13)16-18-15(12-5-6-12)14(21-16)9-17-11(2)3/h11-13,17H,4-10H2,1-3H3. The minimum atomic E-state index is 0.489. The van der Waals surface area contributed by atoms with Crippen LogP contribution in [0.1, 0.15) is 56.5 Å². The Morgan fingerprint density at radius 1 is 1.43 bits per heavy atom. The minimum Gasteiger partial charge on any atom is -0.377 e. The van der Waals surface area contributed by atoms with Gasteiger partial charge in [-0.1, -0.05) is 20.8 Å². The van der Waals surface area contributed by atoms with Crippen LogP contribution in [-0.2, 0) is 11.3 Å². The van der Waals surface area contributed by atoms with E-state index in [-0.39, 0.29) is 0 Å². The molecule has 21 heavy (non-hydrogen) atoms. The minimum absolute atomic E-state index is 0.489. The third-order valence-corrected chi connectivity index (χ3v) is 5.40. The summed E-state index contributed by atoms with van der Waals surface area (Å²) in [5, 5.41) is 4.77. The Morgan fingerprint density at radius 3 is 2.90 bits per heavy atom. The van der Waals surface area contributed by atoms with Crippen LogP contribution in [0.3, 0.4) is 0 Å². The number of hydrogen-bond acceptors (Lipinski definition) is 5. The van der Waals surface area contributed by atoms with Crippen molar-refractivity contribution in [1.29, 1.82) is 0 Å². The van der Waals surface area contributed by atoms with E-state index in [4.69, 9.17) is 9.72 Å². The molecule has 0 spiro atoms. The van der Waals surface area contributed by atoms with E-state index in [1.54, 1.807) is 0 Å². The van der Waals surface area contributed by atoms with Gasteiger partial charge in [0.15, 0.2) is 5.13 Å². The molecule has 0 aromatic carbocycles. The fourth-order valence-corrected chi connectivity index (χ4v) is 4.01. The number of hydrogen-bond donors (Lipinski definition) is 1. The molecule has 0 amide bonds. The molecule has 3 rings (SSSR count). The monoisotopic (exact) mass is 309 g/mol. The molecule has 4 nitrogen and oxygen atoms in total. The summed E-state index contributed by atoms with van der Waals surface area (Å²) in [5.41, 5.74) is 1.37. The summed E-state index contributed by atoms with van der Waals surface area (Å²) in [6.07, 6.45) is 3.76. The second-order valence-electron chi connectivity index (χ2n) is 6.45. The lowest BCUT2D eigenvalue weighted by Gasteiger charge is -2.34. The molecule has 0 bridgehead atoms. The first kappa shape index (κ1) is 15.3. The molecule has 1 aromatic heterocycles. The summed E-state index contributed by atoms with van der Waals surface area (Å²) >= 11 is 1.89. The van der Waals surface area contributed by atoms with Gasteiger partial charge in [0.2, 0.25) is 0 Å². The summed E-state index contributed by atoms with van der Waals surface area (Å²) in [6.45, 7) is 10.3. The second-order valence-corrected chi connectivity index (χ2v) is 7.51. The Kier molecular flexibility index (Phi) is 4.82. The quantitative estimate of drug-likeness (QED) is 0.876. The first-order valence-electron chi connectivity index (χ1n) is 8.26. The maximum Gasteiger partial charge on any atom is 0.186 e. The van der Waals surface area contributed by atoms with Gasteiger partial charge in [-0.15, -0.1) is 11.3 Å². The summed E-state index contributed by atoms with van der Waals surface area (Å²) in [6, 6.07) is 1.01. The summed E-state index contributed by atoms with van der Waals surface area (Å²) in [5.74, 6) is 0.722. The summed E-state index contributed by atoms with van der Waals surface area (Å²) in [7, 11) is 0. The number of aromatic nitrogens is 1. The van der Waals surface area contributed by atoms with Crippen molar-refractivity contribution in [1.82, 2.24) is 10.3 Å². The van der Waals surface area contributed by atoms with Crippen LogP contribution in [0.4, 0.5) is 5.13 Å². The van der Waals surface area contributed by atoms with Crippen molar-refractivity contribution in [2.75, 3.05) is 24.7 Å². The molecule has 2 fully saturated rings. The largest absolute Gasteiger partial charge is 0.377 e. The van der Waals surface area contributed by atoms with Crippen LogP contribution in [0.15, 0.2) is 0 Å². The van der Waals surface area contributed by atoms with E-state index in [1.165, 1.54) is 28.5 Å². The Labute approximate surface area is 131 Å². The van der Waals surface area contributed by atoms with E-state index in [2.05, 4.69) is 31.0 Å². The van der Waals surface area contributed by atoms with Gasteiger partial charge in [0, 0.05) is 29.9 Å². The molecule has 0 radical (unpaired) electrons. The molecule has 2 aliphatic rings. The van der Waals surface area contributed by atoms with Crippen molar-refractivity contribution in [2.24, 2.45) is 0 Å². The van der Waals surface area contributed by atoms with Gasteiger partial charge in [0.25, 0.3) is 0 Å². The van der Waals surface area contributed by atoms with Crippen LogP contribution in [-0.4, -0.2) is 36.8 Å². The normalized spacial score (nSPS) is 23.0. The van der Waals surface area contributed by atoms with Gasteiger partial charge in [-0.3, -0.25) is 0 Å². The Hall–Kier alpha value is -0.650. The SMILES string of the molecule is CCC1COCCN1c1nc(C2CC2)c(CNC(C)C)s1. The van der Waals surface area contributed by atoms with Crippen LogP contribution in [0, 0.1) is 0 Å². The van der Waals surface area contributed by atoms with Gasteiger partial charge in [0.1, 0.15) is 0 Å². The molecule has 1 aliphatic heterocycles. The fraction of sp³-hybridized carbons (Fsp3) is 0.812. The van der Waals surface area contributed by atoms with E-state index in [1.807, 2.05) is 11.3 Å². The zero-order valence-corrected chi connectivity index (χ0v) is 14.2. The van der Waals surface area contributed by atoms with Crippen molar-refractivity contribution in [3.05, 3.63) is 10.6 Å². The number of morpholine rings is 1. The second kappa shape index (κ2) is 6.63. The summed E-state index contributed by atoms with van der Waals surface area (Å²) in [4.78, 5) is 8.94. The molecule has 1 aromatic rings. The first-order chi connectivity index (χ1) is 10.2. The lowest BCUT2D eigenvalue weighted by Crippen LogP contribution is -2.45. The number of thiazole rings is 1. The van der Waals surface area contributed by atoms with Crippen LogP contribution < -0.4 is 10.2 Å². The van der Waals surface area contributed by atoms with E-state index < -0.39 is 0 Å². The molecule has 1 saturated carbocycles. The van der Waals surface area contributed by atoms with Crippen LogP contribution in [0.2, 0.25) is 0 Å². The van der Waals surface area contributed by atoms with Crippen LogP contribution in [0.25, 0.3) is 0 Å². The Bertz CT molecular complexity index is 470. The number of anilines is 1. The van der Waals surface area contributed by atoms with Gasteiger partial charge in [-0.25, -0.2) is 4.98 Å². The predicted octanol–water partition coefficient (Wildman–Crippen LogP) is 3.13. The first-order valence-corrected chi connectivity index (χ1v) is 9.08. The zero-order valence-electron chi connectivity index (χ0n) is 13.4. The van der Waals surface area contributed by atoms with Crippen molar-refractivity contribution in [2.45, 2.75) is 64.6 Å². The molecule has 1 aliphatic carbocycles. The number of nitrogens with zero attached hydrogens (tertiary/aromatic N) is 2. The number of ether oxygens (including phenoxy) is 1. The fourth-order valence-electron chi connectivity index (χ4n) is 2.82. The van der Waals surface area contributed by atoms with Gasteiger partial charge < -0.3 is 15.0 Å². The molecule has 1 atom stereocenters. The third-order valence-electron chi connectivity index (χ3n) is 4.30. The Balaban J connectivity index is 1.79. The van der Waals surface area contributed by atoms with Gasteiger partial charge >= 0.3 is 0 Å². The molecule has 5 heteroatoms. The molecule has 1 N–H and O–H groups in total. The smallest absolute Gasteiger partial charge is 0.186 e. The van der Waals surface area contributed by atoms with Crippen LogP contribution in [0.5, 0.6) is 0 Å². The summed E-state index contributed by atoms with van der Waals surface area (Å²) < 4.78 is 5.62. The lowest BCUT2D eigenvalue weighted by atomic mass is 10.2. The van der Waals surface area contributed by atoms with Crippen LogP contribution >= 0.6 is 11.3 Å². The zero-order chi connectivity index (χ0) is 14.8. The van der Waals surface area contributed by atoms with E-state index >= 15 is 0 Å². The molecular formula is C16H27N3OS. The van der Waals surface area contributed by atoms with E-state index in [0.29, 0.717) is 12.1 Å². The highest BCUT2D eigenvalue weighted by molar-refractivity contribution is 7.15. The van der Waals surface area contributed by atoms with E-state index in [9.17, 15) is 0 Å². The average Bonchev–Trinajstić information content (AvgIpc) is 3.25. The van der Waals surface area contributed by atoms with Gasteiger partial charge in [-0.05, 0) is 19.3 Å². The number of nitrogens with one attached hydrogen (secondary N) is 1. The van der Waals surface area contributed by atoms with E-state index in [0.717, 1.165) is 38.6 Å². The highest BCUT2D eigenvalue weighted by Crippen LogP contribution is 2.44. The van der Waals surface area contributed by atoms with Crippen molar-refractivity contribution >= 4 is 16.5 Å². The van der Waals surface area contributed by atoms with Crippen molar-refractivity contribution in [3.8, 4) is 0 Å². The third kappa shape index (κ3) is 3.58. The number of rotatable bonds is 6. The van der Waals surface area contributed by atoms with Gasteiger partial charge in [-0.2, -0.15) is 0 Å². The molecule has 1 unspecified atom stereocenters. The van der Waals surface area contributed by atoms with Crippen molar-refractivity contribution < 1.29 is 4.74 Å². The maximum absolute atomic E-state index is 5.62.